The van der Waals surface area contributed by atoms with Crippen molar-refractivity contribution < 1.29 is 23.4 Å². The smallest absolute Gasteiger partial charge is 0.308 e. The molecular formula is C8H15F2NO3. The molecule has 1 unspecified atom stereocenters. The Balaban J connectivity index is 3.44. The molecule has 0 aromatic heterocycles. The first-order valence-electron chi connectivity index (χ1n) is 4.38. The van der Waals surface area contributed by atoms with E-state index in [4.69, 9.17) is 5.11 Å². The number of esters is 1. The van der Waals surface area contributed by atoms with Crippen molar-refractivity contribution in [2.24, 2.45) is 0 Å². The van der Waals surface area contributed by atoms with E-state index in [1.807, 2.05) is 0 Å². The predicted octanol–water partition coefficient (Wildman–Crippen LogP) is 0.155. The number of carbonyl (C=O) groups is 1. The highest BCUT2D eigenvalue weighted by Crippen LogP contribution is 1.94. The van der Waals surface area contributed by atoms with Crippen molar-refractivity contribution in [1.29, 1.82) is 0 Å². The number of halogens is 2. The molecule has 0 aromatic rings. The molecule has 4 nitrogen and oxygen atoms in total. The summed E-state index contributed by atoms with van der Waals surface area (Å²) in [6.07, 6.45) is -3.61. The molecule has 0 saturated heterocycles. The number of carbonyl (C=O) groups excluding carboxylic acids is 1. The third-order valence-corrected chi connectivity index (χ3v) is 1.39. The molecule has 6 heteroatoms. The summed E-state index contributed by atoms with van der Waals surface area (Å²) in [6.45, 7) is 1.37. The molecule has 0 saturated carbocycles. The van der Waals surface area contributed by atoms with Crippen LogP contribution in [0.3, 0.4) is 0 Å². The Labute approximate surface area is 81.2 Å². The van der Waals surface area contributed by atoms with Crippen molar-refractivity contribution in [1.82, 2.24) is 5.32 Å². The van der Waals surface area contributed by atoms with Gasteiger partial charge in [0.05, 0.1) is 25.7 Å². The minimum absolute atomic E-state index is 0.0385. The van der Waals surface area contributed by atoms with Crippen LogP contribution in [-0.4, -0.2) is 43.3 Å². The van der Waals surface area contributed by atoms with E-state index in [-0.39, 0.29) is 19.6 Å². The number of alkyl halides is 2. The second-order valence-electron chi connectivity index (χ2n) is 2.71. The van der Waals surface area contributed by atoms with E-state index in [1.165, 1.54) is 0 Å². The first kappa shape index (κ1) is 13.2. The van der Waals surface area contributed by atoms with Crippen molar-refractivity contribution in [2.45, 2.75) is 25.9 Å². The lowest BCUT2D eigenvalue weighted by Crippen LogP contribution is -2.32. The van der Waals surface area contributed by atoms with Crippen molar-refractivity contribution in [3.63, 3.8) is 0 Å². The molecule has 84 valence electrons. The van der Waals surface area contributed by atoms with Gasteiger partial charge in [-0.05, 0) is 6.92 Å². The van der Waals surface area contributed by atoms with Gasteiger partial charge in [-0.3, -0.25) is 4.79 Å². The number of aliphatic hydroxyl groups is 1. The number of hydrogen-bond acceptors (Lipinski definition) is 4. The van der Waals surface area contributed by atoms with Gasteiger partial charge in [-0.25, -0.2) is 8.78 Å². The Morgan fingerprint density at radius 1 is 1.50 bits per heavy atom. The predicted molar refractivity (Wildman–Crippen MR) is 46.1 cm³/mol. The van der Waals surface area contributed by atoms with Crippen LogP contribution in [-0.2, 0) is 9.53 Å². The normalized spacial score (nSPS) is 12.9. The molecule has 0 radical (unpaired) electrons. The summed E-state index contributed by atoms with van der Waals surface area (Å²) < 4.78 is 27.8. The van der Waals surface area contributed by atoms with Gasteiger partial charge in [0.2, 0.25) is 0 Å². The Morgan fingerprint density at radius 3 is 2.64 bits per heavy atom. The van der Waals surface area contributed by atoms with E-state index in [1.54, 1.807) is 6.92 Å². The van der Waals surface area contributed by atoms with Crippen LogP contribution in [0.4, 0.5) is 8.78 Å². The standard InChI is InChI=1S/C8H15F2NO3/c1-2-14-8(13)3-6(12)4-11-5-7(9)10/h6-7,11-12H,2-5H2,1H3. The highest BCUT2D eigenvalue weighted by molar-refractivity contribution is 5.69. The van der Waals surface area contributed by atoms with Crippen LogP contribution in [0.5, 0.6) is 0 Å². The van der Waals surface area contributed by atoms with E-state index in [9.17, 15) is 13.6 Å². The third kappa shape index (κ3) is 7.88. The monoisotopic (exact) mass is 211 g/mol. The molecule has 0 aliphatic rings. The number of ether oxygens (including phenoxy) is 1. The number of nitrogens with one attached hydrogen (secondary N) is 1. The van der Waals surface area contributed by atoms with Crippen LogP contribution in [0, 0.1) is 0 Å². The van der Waals surface area contributed by atoms with Crippen molar-refractivity contribution in [2.75, 3.05) is 19.7 Å². The topological polar surface area (TPSA) is 58.6 Å². The molecule has 0 amide bonds. The molecule has 0 aliphatic heterocycles. The number of aliphatic hydroxyl groups excluding tert-OH is 1. The third-order valence-electron chi connectivity index (χ3n) is 1.39. The second-order valence-corrected chi connectivity index (χ2v) is 2.71. The Morgan fingerprint density at radius 2 is 2.14 bits per heavy atom. The van der Waals surface area contributed by atoms with E-state index in [0.29, 0.717) is 0 Å². The highest BCUT2D eigenvalue weighted by Gasteiger charge is 2.11. The lowest BCUT2D eigenvalue weighted by molar-refractivity contribution is -0.145. The summed E-state index contributed by atoms with van der Waals surface area (Å²) in [7, 11) is 0. The van der Waals surface area contributed by atoms with Gasteiger partial charge in [-0.15, -0.1) is 0 Å². The minimum Gasteiger partial charge on any atom is -0.466 e. The summed E-state index contributed by atoms with van der Waals surface area (Å²) in [5.41, 5.74) is 0. The molecule has 0 spiro atoms. The van der Waals surface area contributed by atoms with Gasteiger partial charge in [0.25, 0.3) is 6.43 Å². The maximum Gasteiger partial charge on any atom is 0.308 e. The maximum absolute atomic E-state index is 11.6. The van der Waals surface area contributed by atoms with Crippen LogP contribution in [0.15, 0.2) is 0 Å². The average Bonchev–Trinajstić information content (AvgIpc) is 2.03. The minimum atomic E-state index is -2.45. The second kappa shape index (κ2) is 7.64. The van der Waals surface area contributed by atoms with Crippen LogP contribution in [0.2, 0.25) is 0 Å². The molecule has 0 aliphatic carbocycles. The van der Waals surface area contributed by atoms with Crippen LogP contribution in [0.25, 0.3) is 0 Å². The number of rotatable bonds is 7. The van der Waals surface area contributed by atoms with Gasteiger partial charge in [0.15, 0.2) is 0 Å². The zero-order chi connectivity index (χ0) is 11.0. The molecule has 0 heterocycles. The van der Waals surface area contributed by atoms with Crippen LogP contribution < -0.4 is 5.32 Å². The van der Waals surface area contributed by atoms with Gasteiger partial charge >= 0.3 is 5.97 Å². The summed E-state index contributed by atoms with van der Waals surface area (Å²) >= 11 is 0. The zero-order valence-electron chi connectivity index (χ0n) is 8.00. The Kier molecular flexibility index (Phi) is 7.23. The van der Waals surface area contributed by atoms with E-state index in [2.05, 4.69) is 10.1 Å². The molecular weight excluding hydrogens is 196 g/mol. The molecule has 0 rings (SSSR count). The van der Waals surface area contributed by atoms with Crippen LogP contribution >= 0.6 is 0 Å². The summed E-state index contributed by atoms with van der Waals surface area (Å²) in [4.78, 5) is 10.8. The molecule has 14 heavy (non-hydrogen) atoms. The number of hydrogen-bond donors (Lipinski definition) is 2. The SMILES string of the molecule is CCOC(=O)CC(O)CNCC(F)F. The molecule has 0 bridgehead atoms. The quantitative estimate of drug-likeness (QED) is 0.589. The molecule has 1 atom stereocenters. The first-order valence-corrected chi connectivity index (χ1v) is 4.38. The molecule has 0 fully saturated rings. The van der Waals surface area contributed by atoms with Gasteiger partial charge in [-0.2, -0.15) is 0 Å². The van der Waals surface area contributed by atoms with Crippen molar-refractivity contribution >= 4 is 5.97 Å². The molecule has 0 aromatic carbocycles. The Hall–Kier alpha value is -0.750. The maximum atomic E-state index is 11.6. The zero-order valence-corrected chi connectivity index (χ0v) is 8.00. The molecule has 2 N–H and O–H groups in total. The van der Waals surface area contributed by atoms with Gasteiger partial charge < -0.3 is 15.2 Å². The summed E-state index contributed by atoms with van der Waals surface area (Å²) in [5, 5.41) is 11.5. The Bertz CT molecular complexity index is 167. The van der Waals surface area contributed by atoms with Gasteiger partial charge in [0.1, 0.15) is 0 Å². The van der Waals surface area contributed by atoms with Crippen LogP contribution in [0.1, 0.15) is 13.3 Å². The van der Waals surface area contributed by atoms with E-state index < -0.39 is 25.0 Å². The fourth-order valence-corrected chi connectivity index (χ4v) is 0.844. The fraction of sp³-hybridized carbons (Fsp3) is 0.875. The lowest BCUT2D eigenvalue weighted by atomic mass is 10.2. The van der Waals surface area contributed by atoms with Crippen molar-refractivity contribution in [3.05, 3.63) is 0 Å². The largest absolute Gasteiger partial charge is 0.466 e. The highest BCUT2D eigenvalue weighted by atomic mass is 19.3. The van der Waals surface area contributed by atoms with E-state index in [0.717, 1.165) is 0 Å². The first-order chi connectivity index (χ1) is 6.56. The lowest BCUT2D eigenvalue weighted by Gasteiger charge is -2.10. The fourth-order valence-electron chi connectivity index (χ4n) is 0.844. The summed E-state index contributed by atoms with van der Waals surface area (Å²) in [5.74, 6) is -0.529. The average molecular weight is 211 g/mol. The van der Waals surface area contributed by atoms with Gasteiger partial charge in [0, 0.05) is 6.54 Å². The van der Waals surface area contributed by atoms with E-state index >= 15 is 0 Å². The van der Waals surface area contributed by atoms with Gasteiger partial charge in [-0.1, -0.05) is 0 Å². The summed E-state index contributed by atoms with van der Waals surface area (Å²) in [6, 6.07) is 0. The van der Waals surface area contributed by atoms with Crippen molar-refractivity contribution in [3.8, 4) is 0 Å².